The van der Waals surface area contributed by atoms with Gasteiger partial charge >= 0.3 is 0 Å². The highest BCUT2D eigenvalue weighted by Gasteiger charge is 2.39. The molecule has 1 aromatic carbocycles. The van der Waals surface area contributed by atoms with Gasteiger partial charge in [0, 0.05) is 13.1 Å². The monoisotopic (exact) mass is 296 g/mol. The van der Waals surface area contributed by atoms with Gasteiger partial charge in [0.05, 0.1) is 22.5 Å². The molecule has 0 radical (unpaired) electrons. The molecule has 2 heterocycles. The van der Waals surface area contributed by atoms with Gasteiger partial charge in [0.2, 0.25) is 11.9 Å². The average Bonchev–Trinajstić information content (AvgIpc) is 2.81. The van der Waals surface area contributed by atoms with Crippen LogP contribution in [0.5, 0.6) is 0 Å². The SMILES string of the molecule is CN1C(=O)CC(n2c(N)nc3cc(F)c(Cl)cc32)C1=O. The number of imidazole rings is 1. The first-order chi connectivity index (χ1) is 9.40. The molecule has 104 valence electrons. The van der Waals surface area contributed by atoms with Gasteiger partial charge in [-0.15, -0.1) is 0 Å². The Labute approximate surface area is 117 Å². The van der Waals surface area contributed by atoms with E-state index in [1.807, 2.05) is 0 Å². The van der Waals surface area contributed by atoms with Crippen LogP contribution in [0.4, 0.5) is 10.3 Å². The summed E-state index contributed by atoms with van der Waals surface area (Å²) < 4.78 is 14.8. The number of carbonyl (C=O) groups is 2. The Hall–Kier alpha value is -2.15. The number of imide groups is 1. The lowest BCUT2D eigenvalue weighted by Gasteiger charge is -2.13. The number of nitrogens with two attached hydrogens (primary N) is 1. The van der Waals surface area contributed by atoms with Crippen LogP contribution >= 0.6 is 11.6 Å². The largest absolute Gasteiger partial charge is 0.369 e. The van der Waals surface area contributed by atoms with Gasteiger partial charge in [-0.1, -0.05) is 11.6 Å². The van der Waals surface area contributed by atoms with E-state index in [4.69, 9.17) is 17.3 Å². The molecule has 1 aromatic heterocycles. The maximum Gasteiger partial charge on any atom is 0.252 e. The zero-order valence-electron chi connectivity index (χ0n) is 10.4. The molecular weight excluding hydrogens is 287 g/mol. The summed E-state index contributed by atoms with van der Waals surface area (Å²) in [6.07, 6.45) is -0.0000111. The number of likely N-dealkylation sites (tertiary alicyclic amines) is 1. The Morgan fingerprint density at radius 3 is 2.75 bits per heavy atom. The molecule has 0 saturated carbocycles. The molecule has 2 amide bonds. The Kier molecular flexibility index (Phi) is 2.68. The Balaban J connectivity index is 2.22. The number of nitrogen functional groups attached to an aromatic ring is 1. The van der Waals surface area contributed by atoms with Crippen LogP contribution in [0.2, 0.25) is 5.02 Å². The van der Waals surface area contributed by atoms with Gasteiger partial charge in [-0.25, -0.2) is 9.37 Å². The Bertz CT molecular complexity index is 757. The zero-order chi connectivity index (χ0) is 14.6. The molecule has 8 heteroatoms. The van der Waals surface area contributed by atoms with E-state index in [0.29, 0.717) is 11.0 Å². The van der Waals surface area contributed by atoms with Crippen molar-refractivity contribution in [2.45, 2.75) is 12.5 Å². The van der Waals surface area contributed by atoms with Gasteiger partial charge in [-0.2, -0.15) is 0 Å². The first kappa shape index (κ1) is 12.9. The number of rotatable bonds is 1. The summed E-state index contributed by atoms with van der Waals surface area (Å²) in [6.45, 7) is 0. The first-order valence-corrected chi connectivity index (χ1v) is 6.21. The minimum atomic E-state index is -0.765. The van der Waals surface area contributed by atoms with Crippen LogP contribution in [0.3, 0.4) is 0 Å². The predicted octanol–water partition coefficient (Wildman–Crippen LogP) is 1.34. The first-order valence-electron chi connectivity index (χ1n) is 5.83. The number of nitrogens with zero attached hydrogens (tertiary/aromatic N) is 3. The van der Waals surface area contributed by atoms with E-state index in [1.54, 1.807) is 0 Å². The molecule has 2 N–H and O–H groups in total. The molecule has 0 spiro atoms. The van der Waals surface area contributed by atoms with Crippen molar-refractivity contribution in [3.8, 4) is 0 Å². The third-order valence-electron chi connectivity index (χ3n) is 3.43. The fourth-order valence-electron chi connectivity index (χ4n) is 2.37. The van der Waals surface area contributed by atoms with E-state index in [-0.39, 0.29) is 29.2 Å². The van der Waals surface area contributed by atoms with E-state index in [1.165, 1.54) is 17.7 Å². The molecular formula is C12H10ClFN4O2. The summed E-state index contributed by atoms with van der Waals surface area (Å²) in [5.41, 5.74) is 6.51. The standard InChI is InChI=1S/C12H10ClFN4O2/c1-17-10(19)4-9(11(17)20)18-8-2-5(13)6(14)3-7(8)16-12(18)15/h2-3,9H,4H2,1H3,(H2,15,16). The van der Waals surface area contributed by atoms with Crippen LogP contribution in [0.1, 0.15) is 12.5 Å². The second kappa shape index (κ2) is 4.17. The van der Waals surface area contributed by atoms with Crippen LogP contribution in [-0.2, 0) is 9.59 Å². The summed E-state index contributed by atoms with van der Waals surface area (Å²) in [7, 11) is 1.41. The number of hydrogen-bond donors (Lipinski definition) is 1. The van der Waals surface area contributed by atoms with Crippen molar-refractivity contribution in [3.05, 3.63) is 23.0 Å². The van der Waals surface area contributed by atoms with Gasteiger partial charge in [0.1, 0.15) is 11.9 Å². The van der Waals surface area contributed by atoms with E-state index >= 15 is 0 Å². The van der Waals surface area contributed by atoms with Crippen LogP contribution in [-0.4, -0.2) is 33.3 Å². The highest BCUT2D eigenvalue weighted by molar-refractivity contribution is 6.31. The van der Waals surface area contributed by atoms with E-state index in [0.717, 1.165) is 11.0 Å². The number of carbonyl (C=O) groups excluding carboxylic acids is 2. The van der Waals surface area contributed by atoms with Crippen molar-refractivity contribution in [2.24, 2.45) is 0 Å². The van der Waals surface area contributed by atoms with Crippen LogP contribution < -0.4 is 5.73 Å². The quantitative estimate of drug-likeness (QED) is 0.805. The molecule has 20 heavy (non-hydrogen) atoms. The summed E-state index contributed by atoms with van der Waals surface area (Å²) in [4.78, 5) is 28.7. The summed E-state index contributed by atoms with van der Waals surface area (Å²) in [6, 6.07) is 1.74. The molecule has 0 aliphatic carbocycles. The smallest absolute Gasteiger partial charge is 0.252 e. The van der Waals surface area contributed by atoms with Crippen molar-refractivity contribution in [2.75, 3.05) is 12.8 Å². The number of aromatic nitrogens is 2. The number of likely N-dealkylation sites (N-methyl/N-ethyl adjacent to an activating group) is 1. The number of benzene rings is 1. The number of fused-ring (bicyclic) bond motifs is 1. The minimum Gasteiger partial charge on any atom is -0.369 e. The molecule has 1 aliphatic heterocycles. The van der Waals surface area contributed by atoms with E-state index in [9.17, 15) is 14.0 Å². The molecule has 1 aliphatic rings. The molecule has 1 unspecified atom stereocenters. The van der Waals surface area contributed by atoms with Crippen molar-refractivity contribution in [1.82, 2.24) is 14.5 Å². The lowest BCUT2D eigenvalue weighted by atomic mass is 10.2. The molecule has 1 atom stereocenters. The van der Waals surface area contributed by atoms with Crippen LogP contribution in [0.15, 0.2) is 12.1 Å². The fourth-order valence-corrected chi connectivity index (χ4v) is 2.53. The van der Waals surface area contributed by atoms with E-state index in [2.05, 4.69) is 4.98 Å². The van der Waals surface area contributed by atoms with Gasteiger partial charge < -0.3 is 5.73 Å². The summed E-state index contributed by atoms with van der Waals surface area (Å²) in [5.74, 6) is -1.24. The Morgan fingerprint density at radius 1 is 1.45 bits per heavy atom. The highest BCUT2D eigenvalue weighted by atomic mass is 35.5. The van der Waals surface area contributed by atoms with Crippen molar-refractivity contribution in [1.29, 1.82) is 0 Å². The summed E-state index contributed by atoms with van der Waals surface area (Å²) in [5, 5.41) is -0.0937. The number of hydrogen-bond acceptors (Lipinski definition) is 4. The van der Waals surface area contributed by atoms with Gasteiger partial charge in [0.15, 0.2) is 0 Å². The molecule has 1 fully saturated rings. The number of amides is 2. The second-order valence-electron chi connectivity index (χ2n) is 4.61. The molecule has 1 saturated heterocycles. The molecule has 3 rings (SSSR count). The maximum absolute atomic E-state index is 13.4. The van der Waals surface area contributed by atoms with Crippen LogP contribution in [0.25, 0.3) is 11.0 Å². The van der Waals surface area contributed by atoms with Crippen molar-refractivity contribution >= 4 is 40.4 Å². The highest BCUT2D eigenvalue weighted by Crippen LogP contribution is 2.32. The topological polar surface area (TPSA) is 81.2 Å². The summed E-state index contributed by atoms with van der Waals surface area (Å²) >= 11 is 5.75. The van der Waals surface area contributed by atoms with Gasteiger partial charge in [-0.05, 0) is 6.07 Å². The lowest BCUT2D eigenvalue weighted by molar-refractivity contribution is -0.137. The van der Waals surface area contributed by atoms with Gasteiger partial charge in [-0.3, -0.25) is 19.1 Å². The number of halogens is 2. The maximum atomic E-state index is 13.4. The molecule has 2 aromatic rings. The number of anilines is 1. The Morgan fingerprint density at radius 2 is 2.15 bits per heavy atom. The normalized spacial score (nSPS) is 19.4. The average molecular weight is 297 g/mol. The van der Waals surface area contributed by atoms with E-state index < -0.39 is 11.9 Å². The molecule has 0 bridgehead atoms. The fraction of sp³-hybridized carbons (Fsp3) is 0.250. The zero-order valence-corrected chi connectivity index (χ0v) is 11.2. The minimum absolute atomic E-state index is 0.0000111. The van der Waals surface area contributed by atoms with Crippen molar-refractivity contribution < 1.29 is 14.0 Å². The molecule has 6 nitrogen and oxygen atoms in total. The third kappa shape index (κ3) is 1.66. The van der Waals surface area contributed by atoms with Crippen molar-refractivity contribution in [3.63, 3.8) is 0 Å². The van der Waals surface area contributed by atoms with Gasteiger partial charge in [0.25, 0.3) is 5.91 Å². The predicted molar refractivity (Wildman–Crippen MR) is 70.5 cm³/mol. The second-order valence-corrected chi connectivity index (χ2v) is 5.01. The lowest BCUT2D eigenvalue weighted by Crippen LogP contribution is -2.27. The van der Waals surface area contributed by atoms with Crippen LogP contribution in [0, 0.1) is 5.82 Å². The third-order valence-corrected chi connectivity index (χ3v) is 3.72.